The Morgan fingerprint density at radius 2 is 2.22 bits per heavy atom. The molecule has 1 aromatic rings. The lowest BCUT2D eigenvalue weighted by molar-refractivity contribution is 0.0166. The average molecular weight is 452 g/mol. The quantitative estimate of drug-likeness (QED) is 0.729. The van der Waals surface area contributed by atoms with Crippen LogP contribution in [-0.4, -0.2) is 36.2 Å². The number of rotatable bonds is 4. The Hall–Kier alpha value is -0.530. The second-order valence-electron chi connectivity index (χ2n) is 6.90. The molecule has 5 nitrogen and oxygen atoms in total. The van der Waals surface area contributed by atoms with Crippen LogP contribution in [0, 0.1) is 5.92 Å². The van der Waals surface area contributed by atoms with Crippen molar-refractivity contribution in [2.75, 3.05) is 19.6 Å². The highest BCUT2D eigenvalue weighted by Gasteiger charge is 2.27. The van der Waals surface area contributed by atoms with Crippen LogP contribution in [0.4, 0.5) is 4.79 Å². The van der Waals surface area contributed by atoms with Crippen LogP contribution in [-0.2, 0) is 11.3 Å². The van der Waals surface area contributed by atoms with Gasteiger partial charge in [-0.3, -0.25) is 0 Å². The van der Waals surface area contributed by atoms with Crippen molar-refractivity contribution in [2.45, 2.75) is 45.8 Å². The largest absolute Gasteiger partial charge is 0.452 e. The molecule has 2 heterocycles. The molecule has 7 heteroatoms. The summed E-state index contributed by atoms with van der Waals surface area (Å²) < 4.78 is 12.6. The molecule has 23 heavy (non-hydrogen) atoms. The molecule has 1 atom stereocenters. The maximum absolute atomic E-state index is 12.2. The number of nitrogens with one attached hydrogen (secondary N) is 1. The predicted octanol–water partition coefficient (Wildman–Crippen LogP) is 4.54. The number of carbonyl (C=O) groups excluding carboxylic acids is 1. The fourth-order valence-electron chi connectivity index (χ4n) is 2.60. The van der Waals surface area contributed by atoms with E-state index in [-0.39, 0.29) is 6.09 Å². The van der Waals surface area contributed by atoms with Gasteiger partial charge in [0.1, 0.15) is 11.4 Å². The van der Waals surface area contributed by atoms with Gasteiger partial charge in [-0.1, -0.05) is 0 Å². The summed E-state index contributed by atoms with van der Waals surface area (Å²) in [7, 11) is 0. The SMILES string of the molecule is CC(C)(C)OC(=O)N1CCCC(CNCc2cc(Br)c(Br)o2)C1. The lowest BCUT2D eigenvalue weighted by Crippen LogP contribution is -2.44. The minimum Gasteiger partial charge on any atom is -0.452 e. The number of hydrogen-bond acceptors (Lipinski definition) is 4. The van der Waals surface area contributed by atoms with Gasteiger partial charge in [0, 0.05) is 19.6 Å². The van der Waals surface area contributed by atoms with Crippen molar-refractivity contribution in [3.8, 4) is 0 Å². The number of piperidine rings is 1. The van der Waals surface area contributed by atoms with Crippen molar-refractivity contribution in [1.29, 1.82) is 0 Å². The van der Waals surface area contributed by atoms with Crippen LogP contribution in [0.2, 0.25) is 0 Å². The number of nitrogens with zero attached hydrogens (tertiary/aromatic N) is 1. The molecular weight excluding hydrogens is 428 g/mol. The normalized spacial score (nSPS) is 19.0. The zero-order valence-electron chi connectivity index (χ0n) is 13.8. The highest BCUT2D eigenvalue weighted by molar-refractivity contribution is 9.13. The van der Waals surface area contributed by atoms with Gasteiger partial charge in [0.05, 0.1) is 11.0 Å². The van der Waals surface area contributed by atoms with Gasteiger partial charge in [0.2, 0.25) is 0 Å². The van der Waals surface area contributed by atoms with Crippen LogP contribution >= 0.6 is 31.9 Å². The Morgan fingerprint density at radius 1 is 1.48 bits per heavy atom. The van der Waals surface area contributed by atoms with E-state index in [2.05, 4.69) is 37.2 Å². The van der Waals surface area contributed by atoms with Crippen molar-refractivity contribution >= 4 is 38.0 Å². The summed E-state index contributed by atoms with van der Waals surface area (Å²) >= 11 is 6.74. The standard InChI is InChI=1S/C16H24Br2N2O3/c1-16(2,3)23-15(21)20-6-4-5-11(10-20)8-19-9-12-7-13(17)14(18)22-12/h7,11,19H,4-6,8-10H2,1-3H3. The van der Waals surface area contributed by atoms with Crippen molar-refractivity contribution in [2.24, 2.45) is 5.92 Å². The van der Waals surface area contributed by atoms with Crippen LogP contribution in [0.15, 0.2) is 19.6 Å². The molecule has 1 unspecified atom stereocenters. The first-order chi connectivity index (χ1) is 10.7. The maximum Gasteiger partial charge on any atom is 0.410 e. The van der Waals surface area contributed by atoms with E-state index in [1.54, 1.807) is 0 Å². The summed E-state index contributed by atoms with van der Waals surface area (Å²) in [6.45, 7) is 8.74. The van der Waals surface area contributed by atoms with Gasteiger partial charge in [-0.2, -0.15) is 0 Å². The molecule has 0 bridgehead atoms. The van der Waals surface area contributed by atoms with Gasteiger partial charge < -0.3 is 19.4 Å². The maximum atomic E-state index is 12.2. The zero-order valence-corrected chi connectivity index (χ0v) is 17.0. The summed E-state index contributed by atoms with van der Waals surface area (Å²) in [5.74, 6) is 1.32. The van der Waals surface area contributed by atoms with Gasteiger partial charge in [-0.25, -0.2) is 4.79 Å². The van der Waals surface area contributed by atoms with Gasteiger partial charge in [-0.05, 0) is 77.5 Å². The van der Waals surface area contributed by atoms with Crippen molar-refractivity contribution < 1.29 is 13.9 Å². The Labute approximate surface area is 154 Å². The smallest absolute Gasteiger partial charge is 0.410 e. The summed E-state index contributed by atoms with van der Waals surface area (Å²) in [4.78, 5) is 14.0. The van der Waals surface area contributed by atoms with E-state index in [4.69, 9.17) is 9.15 Å². The van der Waals surface area contributed by atoms with E-state index < -0.39 is 5.60 Å². The fourth-order valence-corrected chi connectivity index (χ4v) is 3.26. The fraction of sp³-hybridized carbons (Fsp3) is 0.688. The van der Waals surface area contributed by atoms with Crippen LogP contribution in [0.3, 0.4) is 0 Å². The third kappa shape index (κ3) is 6.12. The molecule has 1 aromatic heterocycles. The van der Waals surface area contributed by atoms with E-state index in [1.165, 1.54) is 0 Å². The van der Waals surface area contributed by atoms with E-state index in [0.29, 0.717) is 17.1 Å². The average Bonchev–Trinajstić information content (AvgIpc) is 2.76. The molecule has 0 radical (unpaired) electrons. The predicted molar refractivity (Wildman–Crippen MR) is 96.3 cm³/mol. The number of furan rings is 1. The number of amides is 1. The Balaban J connectivity index is 1.76. The molecular formula is C16H24Br2N2O3. The highest BCUT2D eigenvalue weighted by atomic mass is 79.9. The molecule has 1 aliphatic rings. The van der Waals surface area contributed by atoms with Crippen molar-refractivity contribution in [3.63, 3.8) is 0 Å². The number of ether oxygens (including phenoxy) is 1. The summed E-state index contributed by atoms with van der Waals surface area (Å²) in [5, 5.41) is 3.41. The molecule has 0 aromatic carbocycles. The van der Waals surface area contributed by atoms with Crippen LogP contribution < -0.4 is 5.32 Å². The second kappa shape index (κ2) is 8.03. The van der Waals surface area contributed by atoms with Gasteiger partial charge in [-0.15, -0.1) is 0 Å². The van der Waals surface area contributed by atoms with E-state index in [1.807, 2.05) is 31.7 Å². The van der Waals surface area contributed by atoms with Gasteiger partial charge in [0.15, 0.2) is 4.67 Å². The minimum atomic E-state index is -0.442. The minimum absolute atomic E-state index is 0.207. The van der Waals surface area contributed by atoms with Crippen LogP contribution in [0.25, 0.3) is 0 Å². The molecule has 2 rings (SSSR count). The van der Waals surface area contributed by atoms with E-state index >= 15 is 0 Å². The highest BCUT2D eigenvalue weighted by Crippen LogP contribution is 2.26. The first kappa shape index (κ1) is 18.8. The molecule has 1 fully saturated rings. The zero-order chi connectivity index (χ0) is 17.0. The first-order valence-electron chi connectivity index (χ1n) is 7.87. The van der Waals surface area contributed by atoms with E-state index in [9.17, 15) is 4.79 Å². The lowest BCUT2D eigenvalue weighted by Gasteiger charge is -2.34. The third-order valence-corrected chi connectivity index (χ3v) is 5.31. The summed E-state index contributed by atoms with van der Waals surface area (Å²) in [5.41, 5.74) is -0.442. The first-order valence-corrected chi connectivity index (χ1v) is 9.45. The molecule has 1 aliphatic heterocycles. The van der Waals surface area contributed by atoms with Crippen LogP contribution in [0.1, 0.15) is 39.4 Å². The topological polar surface area (TPSA) is 54.7 Å². The number of carbonyl (C=O) groups is 1. The van der Waals surface area contributed by atoms with Crippen molar-refractivity contribution in [3.05, 3.63) is 21.0 Å². The molecule has 0 saturated carbocycles. The van der Waals surface area contributed by atoms with Gasteiger partial charge >= 0.3 is 6.09 Å². The molecule has 0 aliphatic carbocycles. The monoisotopic (exact) mass is 450 g/mol. The Morgan fingerprint density at radius 3 is 2.83 bits per heavy atom. The lowest BCUT2D eigenvalue weighted by atomic mass is 9.98. The second-order valence-corrected chi connectivity index (χ2v) is 8.47. The Kier molecular flexibility index (Phi) is 6.57. The van der Waals surface area contributed by atoms with E-state index in [0.717, 1.165) is 42.7 Å². The summed E-state index contributed by atoms with van der Waals surface area (Å²) in [6, 6.07) is 1.95. The van der Waals surface area contributed by atoms with Crippen molar-refractivity contribution in [1.82, 2.24) is 10.2 Å². The molecule has 130 valence electrons. The van der Waals surface area contributed by atoms with Gasteiger partial charge in [0.25, 0.3) is 0 Å². The molecule has 1 N–H and O–H groups in total. The molecule has 1 saturated heterocycles. The number of hydrogen-bond donors (Lipinski definition) is 1. The van der Waals surface area contributed by atoms with Crippen LogP contribution in [0.5, 0.6) is 0 Å². The molecule has 1 amide bonds. The summed E-state index contributed by atoms with van der Waals surface area (Å²) in [6.07, 6.45) is 1.93. The Bertz CT molecular complexity index is 520. The third-order valence-electron chi connectivity index (χ3n) is 3.60. The number of likely N-dealkylation sites (tertiary alicyclic amines) is 1. The number of halogens is 2. The molecule has 0 spiro atoms.